The Labute approximate surface area is 107 Å². The summed E-state index contributed by atoms with van der Waals surface area (Å²) in [6.45, 7) is 2.15. The molecule has 1 N–H and O–H groups in total. The molecule has 0 fully saturated rings. The first-order valence-corrected chi connectivity index (χ1v) is 6.07. The molecule has 0 saturated heterocycles. The molecule has 0 radical (unpaired) electrons. The highest BCUT2D eigenvalue weighted by Gasteiger charge is 2.04. The topological polar surface area (TPSA) is 44.0 Å². The molecule has 0 aliphatic rings. The van der Waals surface area contributed by atoms with E-state index < -0.39 is 0 Å². The largest absolute Gasteiger partial charge is 0.507 e. The molecule has 0 aliphatic heterocycles. The first-order valence-electron chi connectivity index (χ1n) is 6.07. The molecule has 0 amide bonds. The molecule has 0 saturated carbocycles. The molecule has 90 valence electrons. The van der Waals surface area contributed by atoms with Crippen molar-refractivity contribution in [3.63, 3.8) is 0 Å². The molecule has 0 heterocycles. The summed E-state index contributed by atoms with van der Waals surface area (Å²) >= 11 is 0. The zero-order chi connectivity index (χ0) is 13.0. The van der Waals surface area contributed by atoms with Gasteiger partial charge in [-0.25, -0.2) is 0 Å². The van der Waals surface area contributed by atoms with Crippen LogP contribution in [0.15, 0.2) is 42.5 Å². The van der Waals surface area contributed by atoms with Crippen LogP contribution in [0.1, 0.15) is 24.5 Å². The van der Waals surface area contributed by atoms with Crippen LogP contribution in [0, 0.1) is 11.3 Å². The summed E-state index contributed by atoms with van der Waals surface area (Å²) in [7, 11) is 0. The second-order valence-electron chi connectivity index (χ2n) is 4.29. The fourth-order valence-corrected chi connectivity index (χ4v) is 2.00. The molecule has 0 atom stereocenters. The standard InChI is InChI=1S/C16H15NO/c1-2-4-12-5-3-6-13(9-12)14-7-8-16(18)15(10-14)11-17/h3,5-10,18H,2,4H2,1H3. The van der Waals surface area contributed by atoms with Crippen molar-refractivity contribution in [1.82, 2.24) is 0 Å². The van der Waals surface area contributed by atoms with Gasteiger partial charge in [-0.1, -0.05) is 43.7 Å². The average molecular weight is 237 g/mol. The number of nitrogens with zero attached hydrogens (tertiary/aromatic N) is 1. The normalized spacial score (nSPS) is 10.0. The van der Waals surface area contributed by atoms with Gasteiger partial charge in [0.15, 0.2) is 0 Å². The maximum absolute atomic E-state index is 9.50. The van der Waals surface area contributed by atoms with Crippen molar-refractivity contribution in [2.45, 2.75) is 19.8 Å². The van der Waals surface area contributed by atoms with Crippen molar-refractivity contribution in [3.8, 4) is 22.9 Å². The van der Waals surface area contributed by atoms with E-state index in [2.05, 4.69) is 19.1 Å². The fourth-order valence-electron chi connectivity index (χ4n) is 2.00. The summed E-state index contributed by atoms with van der Waals surface area (Å²) in [6, 6.07) is 15.4. The highest BCUT2D eigenvalue weighted by atomic mass is 16.3. The van der Waals surface area contributed by atoms with Crippen molar-refractivity contribution >= 4 is 0 Å². The molecule has 0 spiro atoms. The lowest BCUT2D eigenvalue weighted by Crippen LogP contribution is -1.86. The third kappa shape index (κ3) is 2.52. The van der Waals surface area contributed by atoms with Gasteiger partial charge in [0.25, 0.3) is 0 Å². The van der Waals surface area contributed by atoms with Crippen LogP contribution in [-0.4, -0.2) is 5.11 Å². The zero-order valence-electron chi connectivity index (χ0n) is 10.4. The van der Waals surface area contributed by atoms with Crippen LogP contribution < -0.4 is 0 Å². The lowest BCUT2D eigenvalue weighted by Gasteiger charge is -2.06. The van der Waals surface area contributed by atoms with E-state index in [4.69, 9.17) is 5.26 Å². The number of rotatable bonds is 3. The Balaban J connectivity index is 2.42. The number of aryl methyl sites for hydroxylation is 1. The minimum absolute atomic E-state index is 0.0333. The zero-order valence-corrected chi connectivity index (χ0v) is 10.4. The highest BCUT2D eigenvalue weighted by Crippen LogP contribution is 2.26. The first-order chi connectivity index (χ1) is 8.74. The average Bonchev–Trinajstić information content (AvgIpc) is 2.40. The summed E-state index contributed by atoms with van der Waals surface area (Å²) in [4.78, 5) is 0. The van der Waals surface area contributed by atoms with Crippen molar-refractivity contribution < 1.29 is 5.11 Å². The van der Waals surface area contributed by atoms with Gasteiger partial charge < -0.3 is 5.11 Å². The van der Waals surface area contributed by atoms with E-state index >= 15 is 0 Å². The Morgan fingerprint density at radius 2 is 1.89 bits per heavy atom. The van der Waals surface area contributed by atoms with Gasteiger partial charge >= 0.3 is 0 Å². The molecule has 2 nitrogen and oxygen atoms in total. The van der Waals surface area contributed by atoms with Gasteiger partial charge in [0.05, 0.1) is 5.56 Å². The van der Waals surface area contributed by atoms with Crippen LogP contribution in [0.4, 0.5) is 0 Å². The molecular formula is C16H15NO. The molecule has 0 unspecified atom stereocenters. The number of hydrogen-bond donors (Lipinski definition) is 1. The molecular weight excluding hydrogens is 222 g/mol. The maximum Gasteiger partial charge on any atom is 0.133 e. The third-order valence-electron chi connectivity index (χ3n) is 2.92. The summed E-state index contributed by atoms with van der Waals surface area (Å²) in [5.74, 6) is 0.0333. The second-order valence-corrected chi connectivity index (χ2v) is 4.29. The molecule has 18 heavy (non-hydrogen) atoms. The summed E-state index contributed by atoms with van der Waals surface area (Å²) in [5.41, 5.74) is 3.65. The van der Waals surface area contributed by atoms with Gasteiger partial charge in [0, 0.05) is 0 Å². The first kappa shape index (κ1) is 12.2. The number of hydrogen-bond acceptors (Lipinski definition) is 2. The number of phenolic OH excluding ortho intramolecular Hbond substituents is 1. The van der Waals surface area contributed by atoms with Crippen LogP contribution in [0.3, 0.4) is 0 Å². The van der Waals surface area contributed by atoms with Gasteiger partial charge in [0.1, 0.15) is 11.8 Å². The van der Waals surface area contributed by atoms with E-state index in [9.17, 15) is 5.11 Å². The number of nitriles is 1. The second kappa shape index (κ2) is 5.37. The van der Waals surface area contributed by atoms with E-state index in [0.717, 1.165) is 24.0 Å². The Kier molecular flexibility index (Phi) is 3.64. The van der Waals surface area contributed by atoms with E-state index in [1.54, 1.807) is 12.1 Å². The Bertz CT molecular complexity index is 596. The predicted molar refractivity (Wildman–Crippen MR) is 72.3 cm³/mol. The van der Waals surface area contributed by atoms with Gasteiger partial charge in [-0.2, -0.15) is 5.26 Å². The van der Waals surface area contributed by atoms with Crippen LogP contribution >= 0.6 is 0 Å². The minimum atomic E-state index is 0.0333. The number of benzene rings is 2. The van der Waals surface area contributed by atoms with E-state index in [1.807, 2.05) is 24.3 Å². The molecule has 2 aromatic carbocycles. The smallest absolute Gasteiger partial charge is 0.133 e. The molecule has 2 aromatic rings. The van der Waals surface area contributed by atoms with Crippen LogP contribution in [0.2, 0.25) is 0 Å². The lowest BCUT2D eigenvalue weighted by atomic mass is 9.99. The number of aromatic hydroxyl groups is 1. The van der Waals surface area contributed by atoms with Crippen LogP contribution in [-0.2, 0) is 6.42 Å². The highest BCUT2D eigenvalue weighted by molar-refractivity contribution is 5.67. The molecule has 2 heteroatoms. The van der Waals surface area contributed by atoms with Gasteiger partial charge in [-0.15, -0.1) is 0 Å². The van der Waals surface area contributed by atoms with Crippen molar-refractivity contribution in [2.75, 3.05) is 0 Å². The fraction of sp³-hybridized carbons (Fsp3) is 0.188. The molecule has 0 aliphatic carbocycles. The third-order valence-corrected chi connectivity index (χ3v) is 2.92. The van der Waals surface area contributed by atoms with E-state index in [0.29, 0.717) is 5.56 Å². The summed E-state index contributed by atoms with van der Waals surface area (Å²) < 4.78 is 0. The number of phenols is 1. The van der Waals surface area contributed by atoms with E-state index in [-0.39, 0.29) is 5.75 Å². The SMILES string of the molecule is CCCc1cccc(-c2ccc(O)c(C#N)c2)c1. The van der Waals surface area contributed by atoms with E-state index in [1.165, 1.54) is 5.56 Å². The van der Waals surface area contributed by atoms with Gasteiger partial charge in [-0.05, 0) is 35.2 Å². The van der Waals surface area contributed by atoms with Gasteiger partial charge in [0.2, 0.25) is 0 Å². The monoisotopic (exact) mass is 237 g/mol. The summed E-state index contributed by atoms with van der Waals surface area (Å²) in [5, 5.41) is 18.4. The van der Waals surface area contributed by atoms with Crippen molar-refractivity contribution in [3.05, 3.63) is 53.6 Å². The van der Waals surface area contributed by atoms with Crippen molar-refractivity contribution in [2.24, 2.45) is 0 Å². The van der Waals surface area contributed by atoms with Crippen LogP contribution in [0.25, 0.3) is 11.1 Å². The van der Waals surface area contributed by atoms with Gasteiger partial charge in [-0.3, -0.25) is 0 Å². The Morgan fingerprint density at radius 3 is 2.61 bits per heavy atom. The Morgan fingerprint density at radius 1 is 1.11 bits per heavy atom. The maximum atomic E-state index is 9.50. The molecule has 2 rings (SSSR count). The molecule has 0 aromatic heterocycles. The minimum Gasteiger partial charge on any atom is -0.507 e. The quantitative estimate of drug-likeness (QED) is 0.880. The lowest BCUT2D eigenvalue weighted by molar-refractivity contribution is 0.473. The predicted octanol–water partition coefficient (Wildman–Crippen LogP) is 3.88. The van der Waals surface area contributed by atoms with Crippen molar-refractivity contribution in [1.29, 1.82) is 5.26 Å². The van der Waals surface area contributed by atoms with Crippen LogP contribution in [0.5, 0.6) is 5.75 Å². The Hall–Kier alpha value is -2.27. The summed E-state index contributed by atoms with van der Waals surface area (Å²) in [6.07, 6.45) is 2.17. The molecule has 0 bridgehead atoms.